The molecule has 0 bridgehead atoms. The van der Waals surface area contributed by atoms with E-state index in [1.54, 1.807) is 0 Å². The van der Waals surface area contributed by atoms with E-state index in [0.29, 0.717) is 12.0 Å². The van der Waals surface area contributed by atoms with Gasteiger partial charge in [0.25, 0.3) is 0 Å². The maximum Gasteiger partial charge on any atom is 0.193 e. The van der Waals surface area contributed by atoms with Crippen LogP contribution in [0.2, 0.25) is 0 Å². The van der Waals surface area contributed by atoms with Crippen LogP contribution in [-0.2, 0) is 6.42 Å². The Labute approximate surface area is 96.8 Å². The fourth-order valence-electron chi connectivity index (χ4n) is 1.76. The average molecular weight is 217 g/mol. The Morgan fingerprint density at radius 2 is 2.31 bits per heavy atom. The molecule has 1 aromatic rings. The molecule has 0 radical (unpaired) electrons. The summed E-state index contributed by atoms with van der Waals surface area (Å²) < 4.78 is 0. The summed E-state index contributed by atoms with van der Waals surface area (Å²) in [6.07, 6.45) is 4.68. The molecule has 3 heteroatoms. The Bertz CT molecular complexity index is 381. The maximum atomic E-state index is 5.85. The topological polar surface area (TPSA) is 50.4 Å². The fourth-order valence-corrected chi connectivity index (χ4v) is 1.76. The van der Waals surface area contributed by atoms with Crippen molar-refractivity contribution in [2.75, 3.05) is 5.32 Å². The van der Waals surface area contributed by atoms with Crippen molar-refractivity contribution in [3.63, 3.8) is 0 Å². The number of anilines is 1. The number of nitrogens with two attached hydrogens (primary N) is 1. The lowest BCUT2D eigenvalue weighted by molar-refractivity contribution is 0.420. The Hall–Kier alpha value is -1.51. The molecule has 86 valence electrons. The van der Waals surface area contributed by atoms with Gasteiger partial charge in [-0.15, -0.1) is 0 Å². The van der Waals surface area contributed by atoms with Crippen molar-refractivity contribution in [2.45, 2.75) is 38.6 Å². The molecule has 16 heavy (non-hydrogen) atoms. The lowest BCUT2D eigenvalue weighted by Crippen LogP contribution is -2.27. The van der Waals surface area contributed by atoms with E-state index in [1.165, 1.54) is 24.8 Å². The fraction of sp³-hybridized carbons (Fsp3) is 0.462. The van der Waals surface area contributed by atoms with Crippen LogP contribution in [0.5, 0.6) is 0 Å². The molecule has 0 aliphatic heterocycles. The normalized spacial score (nSPS) is 16.9. The van der Waals surface area contributed by atoms with Gasteiger partial charge in [0, 0.05) is 5.69 Å². The van der Waals surface area contributed by atoms with Crippen molar-refractivity contribution >= 4 is 11.6 Å². The Morgan fingerprint density at radius 1 is 1.50 bits per heavy atom. The first-order chi connectivity index (χ1) is 7.78. The summed E-state index contributed by atoms with van der Waals surface area (Å²) in [7, 11) is 0. The molecule has 1 fully saturated rings. The molecule has 0 saturated heterocycles. The average Bonchev–Trinajstić information content (AvgIpc) is 2.24. The zero-order valence-electron chi connectivity index (χ0n) is 9.74. The number of hydrogen-bond donors (Lipinski definition) is 2. The number of guanidine groups is 1. The van der Waals surface area contributed by atoms with Crippen LogP contribution < -0.4 is 11.1 Å². The number of aliphatic imine (C=N–C) groups is 1. The van der Waals surface area contributed by atoms with Crippen LogP contribution in [0.1, 0.15) is 31.7 Å². The van der Waals surface area contributed by atoms with Gasteiger partial charge >= 0.3 is 0 Å². The second kappa shape index (κ2) is 5.01. The van der Waals surface area contributed by atoms with Crippen LogP contribution in [0.3, 0.4) is 0 Å². The van der Waals surface area contributed by atoms with Crippen molar-refractivity contribution in [1.82, 2.24) is 0 Å². The highest BCUT2D eigenvalue weighted by molar-refractivity contribution is 5.92. The lowest BCUT2D eigenvalue weighted by Gasteiger charge is -2.21. The van der Waals surface area contributed by atoms with Crippen LogP contribution in [0, 0.1) is 0 Å². The summed E-state index contributed by atoms with van der Waals surface area (Å²) in [5.41, 5.74) is 8.18. The third-order valence-electron chi connectivity index (χ3n) is 3.00. The second-order valence-corrected chi connectivity index (χ2v) is 4.28. The molecule has 2 rings (SSSR count). The minimum Gasteiger partial charge on any atom is -0.370 e. The molecule has 0 spiro atoms. The molecular formula is C13H19N3. The zero-order chi connectivity index (χ0) is 11.4. The van der Waals surface area contributed by atoms with Gasteiger partial charge in [-0.05, 0) is 43.4 Å². The first-order valence-corrected chi connectivity index (χ1v) is 5.97. The van der Waals surface area contributed by atoms with E-state index in [0.717, 1.165) is 12.1 Å². The van der Waals surface area contributed by atoms with Gasteiger partial charge in [-0.2, -0.15) is 0 Å². The first kappa shape index (κ1) is 11.0. The van der Waals surface area contributed by atoms with E-state index in [1.807, 2.05) is 12.1 Å². The van der Waals surface area contributed by atoms with E-state index in [4.69, 9.17) is 5.73 Å². The van der Waals surface area contributed by atoms with Gasteiger partial charge in [-0.1, -0.05) is 19.1 Å². The van der Waals surface area contributed by atoms with E-state index in [9.17, 15) is 0 Å². The smallest absolute Gasteiger partial charge is 0.193 e. The van der Waals surface area contributed by atoms with Crippen molar-refractivity contribution in [1.29, 1.82) is 0 Å². The third-order valence-corrected chi connectivity index (χ3v) is 3.00. The van der Waals surface area contributed by atoms with Gasteiger partial charge < -0.3 is 11.1 Å². The number of nitrogens with zero attached hydrogens (tertiary/aromatic N) is 1. The van der Waals surface area contributed by atoms with Gasteiger partial charge in [0.05, 0.1) is 6.04 Å². The Balaban J connectivity index is 1.99. The molecule has 3 nitrogen and oxygen atoms in total. The number of hydrogen-bond acceptors (Lipinski definition) is 1. The summed E-state index contributed by atoms with van der Waals surface area (Å²) >= 11 is 0. The minimum atomic E-state index is 0.446. The van der Waals surface area contributed by atoms with Crippen LogP contribution in [0.15, 0.2) is 29.3 Å². The predicted octanol–water partition coefficient (Wildman–Crippen LogP) is 2.53. The van der Waals surface area contributed by atoms with E-state index in [-0.39, 0.29) is 0 Å². The standard InChI is InChI=1S/C13H19N3/c1-2-10-5-3-8-12(9-10)16-13(14)15-11-6-4-7-11/h3,5,8-9,11H,2,4,6-7H2,1H3,(H3,14,15,16). The number of nitrogens with one attached hydrogen (secondary N) is 1. The summed E-state index contributed by atoms with van der Waals surface area (Å²) in [5.74, 6) is 0.540. The highest BCUT2D eigenvalue weighted by Crippen LogP contribution is 2.21. The van der Waals surface area contributed by atoms with Crippen LogP contribution >= 0.6 is 0 Å². The molecule has 1 aromatic carbocycles. The molecule has 3 N–H and O–H groups in total. The van der Waals surface area contributed by atoms with E-state index < -0.39 is 0 Å². The molecule has 1 aliphatic rings. The molecular weight excluding hydrogens is 198 g/mol. The molecule has 0 atom stereocenters. The predicted molar refractivity (Wildman–Crippen MR) is 68.7 cm³/mol. The van der Waals surface area contributed by atoms with Gasteiger partial charge in [0.2, 0.25) is 0 Å². The largest absolute Gasteiger partial charge is 0.370 e. The number of rotatable bonds is 3. The highest BCUT2D eigenvalue weighted by Gasteiger charge is 2.16. The third kappa shape index (κ3) is 2.75. The van der Waals surface area contributed by atoms with E-state index >= 15 is 0 Å². The maximum absolute atomic E-state index is 5.85. The van der Waals surface area contributed by atoms with Crippen LogP contribution in [-0.4, -0.2) is 12.0 Å². The lowest BCUT2D eigenvalue weighted by atomic mass is 9.94. The van der Waals surface area contributed by atoms with Crippen molar-refractivity contribution in [3.05, 3.63) is 29.8 Å². The quantitative estimate of drug-likeness (QED) is 0.604. The monoisotopic (exact) mass is 217 g/mol. The van der Waals surface area contributed by atoms with Crippen molar-refractivity contribution in [3.8, 4) is 0 Å². The highest BCUT2D eigenvalue weighted by atomic mass is 15.1. The Kier molecular flexibility index (Phi) is 3.44. The molecule has 1 saturated carbocycles. The van der Waals surface area contributed by atoms with Gasteiger partial charge in [-0.25, -0.2) is 4.99 Å². The molecule has 0 amide bonds. The SMILES string of the molecule is CCc1cccc(NC(N)=NC2CCC2)c1. The number of benzene rings is 1. The van der Waals surface area contributed by atoms with Gasteiger partial charge in [-0.3, -0.25) is 0 Å². The first-order valence-electron chi connectivity index (χ1n) is 5.97. The van der Waals surface area contributed by atoms with Crippen molar-refractivity contribution in [2.24, 2.45) is 10.7 Å². The van der Waals surface area contributed by atoms with Gasteiger partial charge in [0.15, 0.2) is 5.96 Å². The molecule has 1 aliphatic carbocycles. The molecule has 0 heterocycles. The van der Waals surface area contributed by atoms with Crippen LogP contribution in [0.4, 0.5) is 5.69 Å². The van der Waals surface area contributed by atoms with Gasteiger partial charge in [0.1, 0.15) is 0 Å². The number of aryl methyl sites for hydroxylation is 1. The summed E-state index contributed by atoms with van der Waals surface area (Å²) in [6, 6.07) is 8.73. The Morgan fingerprint density at radius 3 is 2.94 bits per heavy atom. The summed E-state index contributed by atoms with van der Waals surface area (Å²) in [4.78, 5) is 4.42. The zero-order valence-corrected chi connectivity index (χ0v) is 9.74. The summed E-state index contributed by atoms with van der Waals surface area (Å²) in [6.45, 7) is 2.14. The van der Waals surface area contributed by atoms with Crippen molar-refractivity contribution < 1.29 is 0 Å². The van der Waals surface area contributed by atoms with E-state index in [2.05, 4.69) is 29.4 Å². The minimum absolute atomic E-state index is 0.446. The second-order valence-electron chi connectivity index (χ2n) is 4.28. The summed E-state index contributed by atoms with van der Waals surface area (Å²) in [5, 5.41) is 3.14. The molecule has 0 unspecified atom stereocenters. The molecule has 0 aromatic heterocycles. The van der Waals surface area contributed by atoms with Crippen LogP contribution in [0.25, 0.3) is 0 Å².